The van der Waals surface area contributed by atoms with Gasteiger partial charge in [0.15, 0.2) is 11.8 Å². The quantitative estimate of drug-likeness (QED) is 0.0535. The Morgan fingerprint density at radius 2 is 1.53 bits per heavy atom. The van der Waals surface area contributed by atoms with Crippen LogP contribution in [0.1, 0.15) is 99.1 Å². The fraction of sp³-hybridized carbons (Fsp3) is 0.486. The number of carbonyl (C=O) groups is 2. The van der Waals surface area contributed by atoms with Crippen LogP contribution in [0.25, 0.3) is 16.7 Å². The Labute approximate surface area is 262 Å². The van der Waals surface area contributed by atoms with Crippen molar-refractivity contribution >= 4 is 28.4 Å². The van der Waals surface area contributed by atoms with Gasteiger partial charge in [0.2, 0.25) is 16.9 Å². The van der Waals surface area contributed by atoms with E-state index in [1.807, 2.05) is 6.07 Å². The maximum atomic E-state index is 13.6. The first-order valence-electron chi connectivity index (χ1n) is 16.1. The van der Waals surface area contributed by atoms with Crippen LogP contribution in [0.3, 0.4) is 0 Å². The molecule has 0 radical (unpaired) electrons. The van der Waals surface area contributed by atoms with Gasteiger partial charge in [-0.25, -0.2) is 14.4 Å². The van der Waals surface area contributed by atoms with Crippen LogP contribution in [0, 0.1) is 0 Å². The zero-order chi connectivity index (χ0) is 32.3. The van der Waals surface area contributed by atoms with E-state index in [2.05, 4.69) is 25.7 Å². The fourth-order valence-electron chi connectivity index (χ4n) is 5.35. The largest absolute Gasteiger partial charge is 0.494 e. The highest BCUT2D eigenvalue weighted by Gasteiger charge is 2.29. The molecule has 0 aliphatic heterocycles. The minimum atomic E-state index is -1.25. The monoisotopic (exact) mass is 620 g/mol. The van der Waals surface area contributed by atoms with E-state index in [0.29, 0.717) is 29.9 Å². The maximum absolute atomic E-state index is 13.6. The van der Waals surface area contributed by atoms with Crippen molar-refractivity contribution < 1.29 is 27.9 Å². The number of Topliss-reactive ketones (excluding diaryl/α,β-unsaturated/α-hetero) is 1. The molecule has 0 N–H and O–H groups in total. The molecule has 4 rings (SSSR count). The number of benzene rings is 1. The van der Waals surface area contributed by atoms with E-state index in [0.717, 1.165) is 44.5 Å². The van der Waals surface area contributed by atoms with Crippen LogP contribution in [0.2, 0.25) is 0 Å². The molecule has 1 aromatic carbocycles. The molecule has 1 atom stereocenters. The molecule has 0 saturated carbocycles. The molecule has 1 unspecified atom stereocenters. The number of rotatable bonds is 18. The molecule has 0 spiro atoms. The van der Waals surface area contributed by atoms with Gasteiger partial charge in [0.25, 0.3) is 0 Å². The summed E-state index contributed by atoms with van der Waals surface area (Å²) in [5.41, 5.74) is -1.23. The highest BCUT2D eigenvalue weighted by Crippen LogP contribution is 2.27. The smallest absolute Gasteiger partial charge is 0.423 e. The number of nitrogens with zero attached hydrogens (tertiary/aromatic N) is 2. The van der Waals surface area contributed by atoms with Gasteiger partial charge >= 0.3 is 17.2 Å². The molecule has 0 aliphatic carbocycles. The summed E-state index contributed by atoms with van der Waals surface area (Å²) in [5, 5.41) is 0. The molecule has 45 heavy (non-hydrogen) atoms. The van der Waals surface area contributed by atoms with Crippen molar-refractivity contribution in [2.45, 2.75) is 85.2 Å². The van der Waals surface area contributed by atoms with E-state index in [1.165, 1.54) is 37.0 Å². The number of pyridine rings is 1. The molecule has 10 nitrogen and oxygen atoms in total. The van der Waals surface area contributed by atoms with Crippen LogP contribution in [0.5, 0.6) is 5.75 Å². The van der Waals surface area contributed by atoms with Crippen molar-refractivity contribution in [3.05, 3.63) is 80.3 Å². The van der Waals surface area contributed by atoms with Crippen molar-refractivity contribution in [2.75, 3.05) is 26.2 Å². The maximum Gasteiger partial charge on any atom is 0.423 e. The second kappa shape index (κ2) is 16.2. The van der Waals surface area contributed by atoms with Crippen LogP contribution in [-0.2, 0) is 11.2 Å². The van der Waals surface area contributed by atoms with Gasteiger partial charge in [-0.2, -0.15) is 0 Å². The van der Waals surface area contributed by atoms with Crippen LogP contribution in [0.15, 0.2) is 61.0 Å². The number of ketones is 1. The second-order valence-corrected chi connectivity index (χ2v) is 11.3. The molecule has 0 saturated heterocycles. The van der Waals surface area contributed by atoms with Gasteiger partial charge in [0.1, 0.15) is 5.75 Å². The summed E-state index contributed by atoms with van der Waals surface area (Å²) >= 11 is 0. The molecule has 0 bridgehead atoms. The number of esters is 1. The van der Waals surface area contributed by atoms with Crippen molar-refractivity contribution in [1.82, 2.24) is 9.30 Å². The van der Waals surface area contributed by atoms with Crippen molar-refractivity contribution in [3.63, 3.8) is 0 Å². The minimum absolute atomic E-state index is 0.0572. The van der Waals surface area contributed by atoms with Gasteiger partial charge in [-0.3, -0.25) is 4.79 Å². The van der Waals surface area contributed by atoms with Crippen molar-refractivity contribution in [2.24, 2.45) is 0 Å². The zero-order valence-corrected chi connectivity index (χ0v) is 26.8. The van der Waals surface area contributed by atoms with E-state index in [4.69, 9.17) is 18.3 Å². The molecule has 4 aromatic rings. The summed E-state index contributed by atoms with van der Waals surface area (Å²) in [4.78, 5) is 53.3. The van der Waals surface area contributed by atoms with Crippen LogP contribution >= 0.6 is 0 Å². The Morgan fingerprint density at radius 3 is 2.22 bits per heavy atom. The van der Waals surface area contributed by atoms with Gasteiger partial charge in [-0.15, -0.1) is 0 Å². The molecular weight excluding hydrogens is 576 g/mol. The molecule has 242 valence electrons. The predicted octanol–water partition coefficient (Wildman–Crippen LogP) is 6.44. The first-order valence-corrected chi connectivity index (χ1v) is 16.1. The number of aryl methyl sites for hydroxylation is 1. The average molecular weight is 621 g/mol. The van der Waals surface area contributed by atoms with E-state index >= 15 is 0 Å². The van der Waals surface area contributed by atoms with Crippen LogP contribution in [0.4, 0.5) is 0 Å². The van der Waals surface area contributed by atoms with Crippen molar-refractivity contribution in [3.8, 4) is 5.75 Å². The third-order valence-electron chi connectivity index (χ3n) is 7.84. The number of aromatic nitrogens is 1. The van der Waals surface area contributed by atoms with Crippen LogP contribution < -0.4 is 16.0 Å². The normalized spacial score (nSPS) is 12.2. The molecule has 0 fully saturated rings. The third kappa shape index (κ3) is 8.30. The molecule has 3 aromatic heterocycles. The number of hydrogen-bond donors (Lipinski definition) is 0. The Balaban J connectivity index is 1.48. The second-order valence-electron chi connectivity index (χ2n) is 11.3. The van der Waals surface area contributed by atoms with E-state index in [-0.39, 0.29) is 22.6 Å². The summed E-state index contributed by atoms with van der Waals surface area (Å²) < 4.78 is 23.4. The topological polar surface area (TPSA) is 121 Å². The lowest BCUT2D eigenvalue weighted by Gasteiger charge is -2.22. The SMILES string of the molecule is CCCCc1cc(OCCCN(CCCC)CCCC)ccc1C(=O)C(C)OC(=O)c1c2oc(=O)c(=O)oc2c2ccccn12. The number of unbranched alkanes of at least 4 members (excludes halogenated alkanes) is 3. The summed E-state index contributed by atoms with van der Waals surface area (Å²) in [5.74, 6) is -0.550. The van der Waals surface area contributed by atoms with Gasteiger partial charge in [0, 0.05) is 18.3 Å². The molecule has 3 heterocycles. The summed E-state index contributed by atoms with van der Waals surface area (Å²) in [6.07, 6.45) is 8.58. The summed E-state index contributed by atoms with van der Waals surface area (Å²) in [6.45, 7) is 11.8. The Hall–Kier alpha value is -4.18. The Bertz CT molecular complexity index is 1710. The molecule has 0 amide bonds. The minimum Gasteiger partial charge on any atom is -0.494 e. The standard InChI is InChI=1S/C35H44N2O8/c1-5-8-14-25-23-26(42-22-13-20-36(18-9-6-2)19-10-7-3)16-17-27(25)30(38)24(4)43-33(39)29-32-31(44-34(40)35(41)45-32)28-15-11-12-21-37(28)29/h11-12,15-17,21,23-24H,5-10,13-14,18-20,22H2,1-4H3. The highest BCUT2D eigenvalue weighted by molar-refractivity contribution is 6.07. The molecule has 0 aliphatic rings. The Kier molecular flexibility index (Phi) is 12.2. The predicted molar refractivity (Wildman–Crippen MR) is 173 cm³/mol. The third-order valence-corrected chi connectivity index (χ3v) is 7.84. The lowest BCUT2D eigenvalue weighted by Crippen LogP contribution is -2.28. The first-order chi connectivity index (χ1) is 21.8. The van der Waals surface area contributed by atoms with Gasteiger partial charge < -0.3 is 27.6 Å². The van der Waals surface area contributed by atoms with Gasteiger partial charge in [0.05, 0.1) is 12.1 Å². The van der Waals surface area contributed by atoms with Gasteiger partial charge in [-0.05, 0) is 88.0 Å². The molecular formula is C35H44N2O8. The average Bonchev–Trinajstić information content (AvgIpc) is 3.35. The zero-order valence-electron chi connectivity index (χ0n) is 26.8. The van der Waals surface area contributed by atoms with E-state index < -0.39 is 23.3 Å². The lowest BCUT2D eigenvalue weighted by molar-refractivity contribution is 0.0312. The van der Waals surface area contributed by atoms with E-state index in [9.17, 15) is 19.2 Å². The van der Waals surface area contributed by atoms with Crippen molar-refractivity contribution in [1.29, 1.82) is 0 Å². The van der Waals surface area contributed by atoms with E-state index in [1.54, 1.807) is 36.5 Å². The fourth-order valence-corrected chi connectivity index (χ4v) is 5.35. The molecule has 10 heteroatoms. The highest BCUT2D eigenvalue weighted by atomic mass is 16.5. The summed E-state index contributed by atoms with van der Waals surface area (Å²) in [6, 6.07) is 10.4. The number of carbonyl (C=O) groups excluding carboxylic acids is 2. The number of fused-ring (bicyclic) bond motifs is 3. The number of hydrogen-bond acceptors (Lipinski definition) is 9. The summed E-state index contributed by atoms with van der Waals surface area (Å²) in [7, 11) is 0. The number of ether oxygens (including phenoxy) is 2. The lowest BCUT2D eigenvalue weighted by atomic mass is 9.96. The Morgan fingerprint density at radius 1 is 0.867 bits per heavy atom. The first kappa shape index (κ1) is 33.7. The van der Waals surface area contributed by atoms with Gasteiger partial charge in [-0.1, -0.05) is 46.1 Å². The van der Waals surface area contributed by atoms with Crippen LogP contribution in [-0.4, -0.2) is 53.4 Å².